The fourth-order valence-corrected chi connectivity index (χ4v) is 2.30. The Hall–Kier alpha value is -2.10. The van der Waals surface area contributed by atoms with Crippen molar-refractivity contribution in [3.8, 4) is 0 Å². The Morgan fingerprint density at radius 3 is 2.27 bits per heavy atom. The normalized spacial score (nSPS) is 13.9. The number of halogens is 3. The summed E-state index contributed by atoms with van der Waals surface area (Å²) in [6.07, 6.45) is -3.59. The molecule has 1 heterocycles. The molecule has 2 aromatic rings. The van der Waals surface area contributed by atoms with Gasteiger partial charge < -0.3 is 9.84 Å². The molecule has 1 N–H and O–H groups in total. The summed E-state index contributed by atoms with van der Waals surface area (Å²) in [7, 11) is -3.30. The van der Waals surface area contributed by atoms with Crippen molar-refractivity contribution in [3.05, 3.63) is 35.7 Å². The first kappa shape index (κ1) is 16.3. The smallest absolute Gasteiger partial charge is 0.331 e. The standard InChI is InChI=1S/C12H12F3N3O3S/c1-7(8-3-5-9(6-4-8)22(2,19)20)16-11-17-10(18-21-11)12(13,14)15/h3-7H,1-2H3,(H,16,17,18). The molecule has 10 heteroatoms. The maximum absolute atomic E-state index is 12.3. The Kier molecular flexibility index (Phi) is 4.14. The van der Waals surface area contributed by atoms with E-state index in [0.29, 0.717) is 5.56 Å². The first-order chi connectivity index (χ1) is 10.1. The zero-order valence-electron chi connectivity index (χ0n) is 11.5. The molecule has 0 radical (unpaired) electrons. The van der Waals surface area contributed by atoms with Gasteiger partial charge in [0.25, 0.3) is 5.82 Å². The van der Waals surface area contributed by atoms with Gasteiger partial charge in [0.1, 0.15) is 0 Å². The second kappa shape index (κ2) is 5.59. The van der Waals surface area contributed by atoms with Gasteiger partial charge in [-0.3, -0.25) is 0 Å². The summed E-state index contributed by atoms with van der Waals surface area (Å²) in [6, 6.07) is 5.11. The summed E-state index contributed by atoms with van der Waals surface area (Å²) in [6.45, 7) is 1.66. The lowest BCUT2D eigenvalue weighted by Gasteiger charge is -2.12. The molecule has 0 fully saturated rings. The minimum Gasteiger partial charge on any atom is -0.331 e. The molecule has 1 aromatic heterocycles. The molecule has 0 aliphatic carbocycles. The van der Waals surface area contributed by atoms with E-state index in [2.05, 4.69) is 20.0 Å². The van der Waals surface area contributed by atoms with Crippen LogP contribution in [0.15, 0.2) is 33.7 Å². The number of sulfone groups is 1. The number of aromatic nitrogens is 2. The second-order valence-electron chi connectivity index (χ2n) is 4.63. The highest BCUT2D eigenvalue weighted by atomic mass is 32.2. The third-order valence-corrected chi connectivity index (χ3v) is 3.96. The van der Waals surface area contributed by atoms with Gasteiger partial charge in [-0.05, 0) is 29.8 Å². The number of nitrogens with one attached hydrogen (secondary N) is 1. The van der Waals surface area contributed by atoms with Crippen molar-refractivity contribution in [2.24, 2.45) is 0 Å². The van der Waals surface area contributed by atoms with E-state index >= 15 is 0 Å². The zero-order chi connectivity index (χ0) is 16.5. The van der Waals surface area contributed by atoms with E-state index in [1.807, 2.05) is 0 Å². The molecule has 2 rings (SSSR count). The number of nitrogens with zero attached hydrogens (tertiary/aromatic N) is 2. The number of hydrogen-bond donors (Lipinski definition) is 1. The van der Waals surface area contributed by atoms with Crippen LogP contribution in [0.4, 0.5) is 19.2 Å². The molecule has 22 heavy (non-hydrogen) atoms. The SMILES string of the molecule is CC(Nc1nc(C(F)(F)F)no1)c1ccc(S(C)(=O)=O)cc1. The lowest BCUT2D eigenvalue weighted by molar-refractivity contribution is -0.146. The van der Waals surface area contributed by atoms with Gasteiger partial charge in [-0.1, -0.05) is 12.1 Å². The van der Waals surface area contributed by atoms with Crippen molar-refractivity contribution >= 4 is 15.9 Å². The summed E-state index contributed by atoms with van der Waals surface area (Å²) in [5.74, 6) is -1.37. The van der Waals surface area contributed by atoms with E-state index in [0.717, 1.165) is 6.26 Å². The average molecular weight is 335 g/mol. The maximum atomic E-state index is 12.3. The fourth-order valence-electron chi connectivity index (χ4n) is 1.67. The second-order valence-corrected chi connectivity index (χ2v) is 6.64. The van der Waals surface area contributed by atoms with Crippen LogP contribution in [-0.2, 0) is 16.0 Å². The fraction of sp³-hybridized carbons (Fsp3) is 0.333. The first-order valence-electron chi connectivity index (χ1n) is 6.05. The monoisotopic (exact) mass is 335 g/mol. The minimum atomic E-state index is -4.68. The Labute approximate surface area is 124 Å². The number of rotatable bonds is 4. The highest BCUT2D eigenvalue weighted by Gasteiger charge is 2.37. The Morgan fingerprint density at radius 2 is 1.82 bits per heavy atom. The highest BCUT2D eigenvalue weighted by Crippen LogP contribution is 2.28. The molecule has 6 nitrogen and oxygen atoms in total. The molecule has 1 unspecified atom stereocenters. The van der Waals surface area contributed by atoms with E-state index in [9.17, 15) is 21.6 Å². The summed E-state index contributed by atoms with van der Waals surface area (Å²) in [5.41, 5.74) is 0.652. The van der Waals surface area contributed by atoms with Gasteiger partial charge in [0.15, 0.2) is 9.84 Å². The molecular weight excluding hydrogens is 323 g/mol. The predicted octanol–water partition coefficient (Wildman–Crippen LogP) is 2.67. The number of benzene rings is 1. The third kappa shape index (κ3) is 3.75. The molecule has 120 valence electrons. The highest BCUT2D eigenvalue weighted by molar-refractivity contribution is 7.90. The van der Waals surface area contributed by atoms with Crippen molar-refractivity contribution in [2.75, 3.05) is 11.6 Å². The van der Waals surface area contributed by atoms with Crippen LogP contribution >= 0.6 is 0 Å². The molecule has 0 amide bonds. The Morgan fingerprint density at radius 1 is 1.23 bits per heavy atom. The summed E-state index contributed by atoms with van der Waals surface area (Å²) >= 11 is 0. The van der Waals surface area contributed by atoms with Gasteiger partial charge in [-0.15, -0.1) is 0 Å². The summed E-state index contributed by atoms with van der Waals surface area (Å²) < 4.78 is 64.2. The summed E-state index contributed by atoms with van der Waals surface area (Å²) in [4.78, 5) is 3.35. The lowest BCUT2D eigenvalue weighted by atomic mass is 10.1. The molecular formula is C12H12F3N3O3S. The van der Waals surface area contributed by atoms with Gasteiger partial charge in [-0.2, -0.15) is 18.2 Å². The average Bonchev–Trinajstić information content (AvgIpc) is 2.86. The molecule has 0 aliphatic rings. The largest absolute Gasteiger partial charge is 0.455 e. The van der Waals surface area contributed by atoms with Crippen LogP contribution in [0.1, 0.15) is 24.4 Å². The van der Waals surface area contributed by atoms with Crippen LogP contribution in [0.3, 0.4) is 0 Å². The molecule has 0 saturated carbocycles. The molecule has 0 aliphatic heterocycles. The van der Waals surface area contributed by atoms with Crippen LogP contribution in [-0.4, -0.2) is 24.8 Å². The van der Waals surface area contributed by atoms with Crippen molar-refractivity contribution in [1.82, 2.24) is 10.1 Å². The van der Waals surface area contributed by atoms with Crippen LogP contribution in [0.5, 0.6) is 0 Å². The van der Waals surface area contributed by atoms with Gasteiger partial charge in [0, 0.05) is 6.26 Å². The van der Waals surface area contributed by atoms with Crippen molar-refractivity contribution in [2.45, 2.75) is 24.0 Å². The molecule has 1 atom stereocenters. The lowest BCUT2D eigenvalue weighted by Crippen LogP contribution is -2.09. The van der Waals surface area contributed by atoms with Crippen LogP contribution in [0, 0.1) is 0 Å². The van der Waals surface area contributed by atoms with Gasteiger partial charge in [-0.25, -0.2) is 8.42 Å². The van der Waals surface area contributed by atoms with Crippen LogP contribution < -0.4 is 5.32 Å². The van der Waals surface area contributed by atoms with Gasteiger partial charge in [0.05, 0.1) is 10.9 Å². The van der Waals surface area contributed by atoms with E-state index in [1.54, 1.807) is 19.1 Å². The number of alkyl halides is 3. The van der Waals surface area contributed by atoms with Crippen molar-refractivity contribution < 1.29 is 26.1 Å². The number of hydrogen-bond acceptors (Lipinski definition) is 6. The molecule has 1 aromatic carbocycles. The Bertz CT molecular complexity index is 754. The molecule has 0 saturated heterocycles. The third-order valence-electron chi connectivity index (χ3n) is 2.83. The Balaban J connectivity index is 2.12. The number of anilines is 1. The van der Waals surface area contributed by atoms with Crippen molar-refractivity contribution in [3.63, 3.8) is 0 Å². The van der Waals surface area contributed by atoms with E-state index in [4.69, 9.17) is 0 Å². The summed E-state index contributed by atoms with van der Waals surface area (Å²) in [5, 5.41) is 5.45. The zero-order valence-corrected chi connectivity index (χ0v) is 12.4. The van der Waals surface area contributed by atoms with E-state index in [-0.39, 0.29) is 10.9 Å². The first-order valence-corrected chi connectivity index (χ1v) is 7.94. The molecule has 0 bridgehead atoms. The minimum absolute atomic E-state index is 0.153. The topological polar surface area (TPSA) is 85.1 Å². The predicted molar refractivity (Wildman–Crippen MR) is 70.9 cm³/mol. The van der Waals surface area contributed by atoms with Crippen LogP contribution in [0.2, 0.25) is 0 Å². The van der Waals surface area contributed by atoms with Gasteiger partial charge >= 0.3 is 12.2 Å². The van der Waals surface area contributed by atoms with Crippen molar-refractivity contribution in [1.29, 1.82) is 0 Å². The quantitative estimate of drug-likeness (QED) is 0.924. The van der Waals surface area contributed by atoms with Gasteiger partial charge in [0.2, 0.25) is 0 Å². The van der Waals surface area contributed by atoms with E-state index < -0.39 is 27.9 Å². The maximum Gasteiger partial charge on any atom is 0.455 e. The van der Waals surface area contributed by atoms with Crippen LogP contribution in [0.25, 0.3) is 0 Å². The molecule has 0 spiro atoms. The van der Waals surface area contributed by atoms with E-state index in [1.165, 1.54) is 12.1 Å².